The third-order valence-electron chi connectivity index (χ3n) is 1.82. The summed E-state index contributed by atoms with van der Waals surface area (Å²) in [6, 6.07) is 0. The Labute approximate surface area is 100 Å². The van der Waals surface area contributed by atoms with E-state index in [-0.39, 0.29) is 6.54 Å². The summed E-state index contributed by atoms with van der Waals surface area (Å²) in [5, 5.41) is 3.08. The Morgan fingerprint density at radius 1 is 1.56 bits per heavy atom. The normalized spacial score (nSPS) is 9.56. The second-order valence-electron chi connectivity index (χ2n) is 3.11. The highest BCUT2D eigenvalue weighted by atomic mass is 35.5. The fourth-order valence-electron chi connectivity index (χ4n) is 1.02. The molecule has 6 heteroatoms. The van der Waals surface area contributed by atoms with Crippen LogP contribution in [0, 0.1) is 12.3 Å². The Balaban J connectivity index is 2.60. The van der Waals surface area contributed by atoms with Crippen LogP contribution >= 0.6 is 11.8 Å². The molecule has 1 N–H and O–H groups in total. The lowest BCUT2D eigenvalue weighted by molar-refractivity contribution is 0.823. The molecule has 1 rings (SSSR count). The highest BCUT2D eigenvalue weighted by molar-refractivity contribution is 6.25. The third kappa shape index (κ3) is 3.91. The standard InChI is InChI=1S/C10H14ClN5/c1-3-5-6-12-9-13-8-14-10(15-9)16(11)7-4-2/h2,8H,3,5-7H2,1H3,(H,12,13,14,15). The molecular formula is C10H14ClN5. The second-order valence-corrected chi connectivity index (χ2v) is 3.52. The van der Waals surface area contributed by atoms with E-state index in [2.05, 4.69) is 33.1 Å². The molecule has 0 unspecified atom stereocenters. The molecule has 86 valence electrons. The van der Waals surface area contributed by atoms with Crippen molar-refractivity contribution in [3.8, 4) is 12.3 Å². The van der Waals surface area contributed by atoms with Crippen molar-refractivity contribution < 1.29 is 0 Å². The first-order chi connectivity index (χ1) is 7.77. The number of terminal acetylenes is 1. The summed E-state index contributed by atoms with van der Waals surface area (Å²) < 4.78 is 1.27. The van der Waals surface area contributed by atoms with Crippen LogP contribution < -0.4 is 9.74 Å². The molecular weight excluding hydrogens is 226 g/mol. The number of hydrogen-bond acceptors (Lipinski definition) is 5. The molecule has 0 aliphatic rings. The molecule has 0 amide bonds. The SMILES string of the molecule is C#CCN(Cl)c1ncnc(NCCCC)n1. The fraction of sp³-hybridized carbons (Fsp3) is 0.500. The first-order valence-electron chi connectivity index (χ1n) is 5.07. The quantitative estimate of drug-likeness (QED) is 0.465. The largest absolute Gasteiger partial charge is 0.354 e. The van der Waals surface area contributed by atoms with E-state index in [1.54, 1.807) is 0 Å². The van der Waals surface area contributed by atoms with Crippen molar-refractivity contribution in [3.05, 3.63) is 6.33 Å². The zero-order valence-corrected chi connectivity index (χ0v) is 9.91. The summed E-state index contributed by atoms with van der Waals surface area (Å²) in [5.41, 5.74) is 0. The zero-order valence-electron chi connectivity index (χ0n) is 9.15. The minimum atomic E-state index is 0.250. The predicted molar refractivity (Wildman–Crippen MR) is 65.3 cm³/mol. The molecule has 0 atom stereocenters. The summed E-state index contributed by atoms with van der Waals surface area (Å²) in [6.45, 7) is 3.20. The Morgan fingerprint density at radius 3 is 3.06 bits per heavy atom. The van der Waals surface area contributed by atoms with E-state index in [9.17, 15) is 0 Å². The highest BCUT2D eigenvalue weighted by Gasteiger charge is 2.06. The van der Waals surface area contributed by atoms with E-state index in [1.165, 1.54) is 10.7 Å². The smallest absolute Gasteiger partial charge is 0.245 e. The molecule has 0 bridgehead atoms. The van der Waals surface area contributed by atoms with Crippen molar-refractivity contribution >= 4 is 23.7 Å². The van der Waals surface area contributed by atoms with Crippen LogP contribution in [-0.4, -0.2) is 28.0 Å². The molecule has 0 fully saturated rings. The van der Waals surface area contributed by atoms with Crippen molar-refractivity contribution in [2.24, 2.45) is 0 Å². The number of anilines is 2. The molecule has 0 aromatic carbocycles. The van der Waals surface area contributed by atoms with Crippen molar-refractivity contribution in [2.45, 2.75) is 19.8 Å². The second kappa shape index (κ2) is 6.85. The van der Waals surface area contributed by atoms with Crippen molar-refractivity contribution in [1.29, 1.82) is 0 Å². The van der Waals surface area contributed by atoms with Gasteiger partial charge in [0, 0.05) is 18.3 Å². The van der Waals surface area contributed by atoms with Crippen LogP contribution in [-0.2, 0) is 0 Å². The van der Waals surface area contributed by atoms with Gasteiger partial charge in [-0.05, 0) is 6.42 Å². The monoisotopic (exact) mass is 239 g/mol. The number of halogens is 1. The topological polar surface area (TPSA) is 53.9 Å². The van der Waals surface area contributed by atoms with E-state index in [0.717, 1.165) is 19.4 Å². The van der Waals surface area contributed by atoms with Gasteiger partial charge < -0.3 is 5.32 Å². The van der Waals surface area contributed by atoms with Crippen LogP contribution in [0.3, 0.4) is 0 Å². The maximum absolute atomic E-state index is 5.85. The summed E-state index contributed by atoms with van der Waals surface area (Å²) in [7, 11) is 0. The maximum Gasteiger partial charge on any atom is 0.245 e. The number of rotatable bonds is 6. The van der Waals surface area contributed by atoms with Gasteiger partial charge in [-0.1, -0.05) is 19.3 Å². The molecule has 1 aromatic rings. The molecule has 5 nitrogen and oxygen atoms in total. The lowest BCUT2D eigenvalue weighted by Crippen LogP contribution is -2.15. The van der Waals surface area contributed by atoms with Crippen LogP contribution in [0.2, 0.25) is 0 Å². The molecule has 1 aromatic heterocycles. The van der Waals surface area contributed by atoms with Gasteiger partial charge in [-0.2, -0.15) is 9.97 Å². The minimum absolute atomic E-state index is 0.250. The van der Waals surface area contributed by atoms with Gasteiger partial charge in [0.2, 0.25) is 11.9 Å². The number of nitrogens with one attached hydrogen (secondary N) is 1. The van der Waals surface area contributed by atoms with Gasteiger partial charge in [0.15, 0.2) is 0 Å². The van der Waals surface area contributed by atoms with Crippen LogP contribution in [0.15, 0.2) is 6.33 Å². The Hall–Kier alpha value is -1.54. The molecule has 0 aliphatic heterocycles. The molecule has 0 spiro atoms. The number of unbranched alkanes of at least 4 members (excludes halogenated alkanes) is 1. The summed E-state index contributed by atoms with van der Waals surface area (Å²) in [5.74, 6) is 3.28. The molecule has 1 heterocycles. The molecule has 0 saturated heterocycles. The molecule has 16 heavy (non-hydrogen) atoms. The Bertz CT molecular complexity index is 362. The first-order valence-corrected chi connectivity index (χ1v) is 5.41. The lowest BCUT2D eigenvalue weighted by Gasteiger charge is -2.10. The highest BCUT2D eigenvalue weighted by Crippen LogP contribution is 2.10. The van der Waals surface area contributed by atoms with Crippen LogP contribution in [0.4, 0.5) is 11.9 Å². The first kappa shape index (κ1) is 12.5. The van der Waals surface area contributed by atoms with Gasteiger partial charge in [-0.15, -0.1) is 6.42 Å². The van der Waals surface area contributed by atoms with Crippen LogP contribution in [0.5, 0.6) is 0 Å². The van der Waals surface area contributed by atoms with Gasteiger partial charge in [0.25, 0.3) is 0 Å². The predicted octanol–water partition coefficient (Wildman–Crippen LogP) is 1.68. The lowest BCUT2D eigenvalue weighted by atomic mass is 10.3. The number of nitrogens with zero attached hydrogens (tertiary/aromatic N) is 4. The molecule has 0 radical (unpaired) electrons. The Kier molecular flexibility index (Phi) is 5.37. The van der Waals surface area contributed by atoms with Gasteiger partial charge in [-0.25, -0.2) is 9.40 Å². The van der Waals surface area contributed by atoms with E-state index in [0.29, 0.717) is 11.9 Å². The number of aromatic nitrogens is 3. The average molecular weight is 240 g/mol. The molecule has 0 saturated carbocycles. The summed E-state index contributed by atoms with van der Waals surface area (Å²) >= 11 is 5.85. The third-order valence-corrected chi connectivity index (χ3v) is 2.09. The van der Waals surface area contributed by atoms with E-state index in [1.807, 2.05) is 0 Å². The van der Waals surface area contributed by atoms with E-state index < -0.39 is 0 Å². The van der Waals surface area contributed by atoms with Gasteiger partial charge in [-0.3, -0.25) is 0 Å². The van der Waals surface area contributed by atoms with Crippen molar-refractivity contribution in [2.75, 3.05) is 22.8 Å². The van der Waals surface area contributed by atoms with Crippen molar-refractivity contribution in [3.63, 3.8) is 0 Å². The van der Waals surface area contributed by atoms with Crippen LogP contribution in [0.1, 0.15) is 19.8 Å². The van der Waals surface area contributed by atoms with E-state index in [4.69, 9.17) is 18.2 Å². The van der Waals surface area contributed by atoms with E-state index >= 15 is 0 Å². The van der Waals surface area contributed by atoms with Crippen LogP contribution in [0.25, 0.3) is 0 Å². The van der Waals surface area contributed by atoms with Gasteiger partial charge in [0.05, 0.1) is 6.54 Å². The van der Waals surface area contributed by atoms with Crippen molar-refractivity contribution in [1.82, 2.24) is 15.0 Å². The zero-order chi connectivity index (χ0) is 11.8. The fourth-order valence-corrected chi connectivity index (χ4v) is 1.17. The molecule has 0 aliphatic carbocycles. The van der Waals surface area contributed by atoms with Gasteiger partial charge in [0.1, 0.15) is 6.33 Å². The minimum Gasteiger partial charge on any atom is -0.354 e. The summed E-state index contributed by atoms with van der Waals surface area (Å²) in [6.07, 6.45) is 8.73. The number of hydrogen-bond donors (Lipinski definition) is 1. The van der Waals surface area contributed by atoms with Gasteiger partial charge >= 0.3 is 0 Å². The Morgan fingerprint density at radius 2 is 2.38 bits per heavy atom. The maximum atomic E-state index is 5.85. The summed E-state index contributed by atoms with van der Waals surface area (Å²) in [4.78, 5) is 12.0. The average Bonchev–Trinajstić information content (AvgIpc) is 2.30.